The Morgan fingerprint density at radius 1 is 1.67 bits per heavy atom. The molecule has 0 aliphatic carbocycles. The van der Waals surface area contributed by atoms with Crippen molar-refractivity contribution >= 4 is 17.8 Å². The maximum Gasteiger partial charge on any atom is 0.267 e. The lowest BCUT2D eigenvalue weighted by Crippen LogP contribution is -2.14. The first-order valence-corrected chi connectivity index (χ1v) is 4.64. The molecule has 0 spiro atoms. The molecule has 2 heterocycles. The Morgan fingerprint density at radius 3 is 3.33 bits per heavy atom. The van der Waals surface area contributed by atoms with E-state index in [0.29, 0.717) is 0 Å². The molecule has 0 radical (unpaired) electrons. The van der Waals surface area contributed by atoms with Crippen molar-refractivity contribution in [3.8, 4) is 0 Å². The molecule has 5 heteroatoms. The van der Waals surface area contributed by atoms with Crippen molar-refractivity contribution in [2.24, 2.45) is 0 Å². The molecule has 1 aliphatic rings. The second-order valence-electron chi connectivity index (χ2n) is 3.26. The third-order valence-electron chi connectivity index (χ3n) is 2.21. The van der Waals surface area contributed by atoms with Crippen LogP contribution in [0.4, 0.5) is 5.82 Å². The van der Waals surface area contributed by atoms with Crippen molar-refractivity contribution in [3.63, 3.8) is 0 Å². The Labute approximate surface area is 86.8 Å². The Morgan fingerprint density at radius 2 is 2.53 bits per heavy atom. The first kappa shape index (κ1) is 9.67. The lowest BCUT2D eigenvalue weighted by molar-refractivity contribution is -0.124. The average Bonchev–Trinajstić information content (AvgIpc) is 2.72. The van der Waals surface area contributed by atoms with Crippen LogP contribution in [-0.4, -0.2) is 22.6 Å². The fourth-order valence-electron chi connectivity index (χ4n) is 1.49. The quantitative estimate of drug-likeness (QED) is 0.375. The summed E-state index contributed by atoms with van der Waals surface area (Å²) in [7, 11) is 0. The minimum absolute atomic E-state index is 0.548. The molecule has 1 aromatic heterocycles. The molecule has 0 aromatic carbocycles. The Kier molecular flexibility index (Phi) is 2.64. The number of carbonyl (C=O) groups is 1. The summed E-state index contributed by atoms with van der Waals surface area (Å²) in [6.07, 6.45) is 5.50. The lowest BCUT2D eigenvalue weighted by atomic mass is 10.1. The number of fused-ring (bicyclic) bond motifs is 1. The molecule has 3 N–H and O–H groups in total. The number of rotatable bonds is 2. The Bertz CT molecular complexity index is 415. The third kappa shape index (κ3) is 2.13. The number of amides is 1. The van der Waals surface area contributed by atoms with Crippen molar-refractivity contribution in [1.29, 1.82) is 0 Å². The zero-order valence-electron chi connectivity index (χ0n) is 8.03. The second-order valence-corrected chi connectivity index (χ2v) is 3.26. The summed E-state index contributed by atoms with van der Waals surface area (Å²) in [5.41, 5.74) is 3.53. The summed E-state index contributed by atoms with van der Waals surface area (Å²) in [4.78, 5) is 14.9. The van der Waals surface area contributed by atoms with Gasteiger partial charge < -0.3 is 5.32 Å². The summed E-state index contributed by atoms with van der Waals surface area (Å²) in [5, 5.41) is 11.4. The lowest BCUT2D eigenvalue weighted by Gasteiger charge is -1.99. The first-order valence-electron chi connectivity index (χ1n) is 4.64. The molecule has 78 valence electrons. The van der Waals surface area contributed by atoms with Crippen LogP contribution in [0.5, 0.6) is 0 Å². The summed E-state index contributed by atoms with van der Waals surface area (Å²) >= 11 is 0. The highest BCUT2D eigenvalue weighted by Crippen LogP contribution is 2.20. The summed E-state index contributed by atoms with van der Waals surface area (Å²) in [6.45, 7) is 0.909. The fourth-order valence-corrected chi connectivity index (χ4v) is 1.49. The van der Waals surface area contributed by atoms with E-state index in [2.05, 4.69) is 10.3 Å². The number of aromatic nitrogens is 1. The van der Waals surface area contributed by atoms with E-state index in [9.17, 15) is 4.79 Å². The van der Waals surface area contributed by atoms with Crippen LogP contribution in [0.2, 0.25) is 0 Å². The molecule has 5 nitrogen and oxygen atoms in total. The van der Waals surface area contributed by atoms with E-state index < -0.39 is 5.91 Å². The van der Waals surface area contributed by atoms with Gasteiger partial charge in [0.2, 0.25) is 0 Å². The van der Waals surface area contributed by atoms with Crippen LogP contribution in [0.25, 0.3) is 6.08 Å². The van der Waals surface area contributed by atoms with Crippen LogP contribution < -0.4 is 10.8 Å². The van der Waals surface area contributed by atoms with Crippen LogP contribution in [0.3, 0.4) is 0 Å². The Hall–Kier alpha value is -1.88. The molecule has 1 amide bonds. The van der Waals surface area contributed by atoms with Crippen LogP contribution in [-0.2, 0) is 11.2 Å². The molecule has 2 rings (SSSR count). The maximum atomic E-state index is 10.7. The summed E-state index contributed by atoms with van der Waals surface area (Å²) in [6, 6.07) is 1.98. The van der Waals surface area contributed by atoms with Gasteiger partial charge in [-0.3, -0.25) is 10.0 Å². The van der Waals surface area contributed by atoms with Gasteiger partial charge in [-0.25, -0.2) is 10.5 Å². The van der Waals surface area contributed by atoms with Gasteiger partial charge in [-0.1, -0.05) is 0 Å². The summed E-state index contributed by atoms with van der Waals surface area (Å²) in [5.74, 6) is 0.368. The van der Waals surface area contributed by atoms with E-state index in [0.717, 1.165) is 29.9 Å². The highest BCUT2D eigenvalue weighted by molar-refractivity contribution is 5.90. The van der Waals surface area contributed by atoms with Crippen LogP contribution >= 0.6 is 0 Å². The maximum absolute atomic E-state index is 10.7. The fraction of sp³-hybridized carbons (Fsp3) is 0.200. The van der Waals surface area contributed by atoms with E-state index in [1.165, 1.54) is 11.6 Å². The van der Waals surface area contributed by atoms with E-state index >= 15 is 0 Å². The zero-order chi connectivity index (χ0) is 10.7. The van der Waals surface area contributed by atoms with E-state index in [1.54, 1.807) is 12.3 Å². The third-order valence-corrected chi connectivity index (χ3v) is 2.21. The number of carbonyl (C=O) groups excluding carboxylic acids is 1. The van der Waals surface area contributed by atoms with Crippen molar-refractivity contribution in [2.75, 3.05) is 11.9 Å². The number of hydroxylamine groups is 1. The molecule has 1 aromatic rings. The molecule has 0 bridgehead atoms. The smallest absolute Gasteiger partial charge is 0.267 e. The van der Waals surface area contributed by atoms with Crippen LogP contribution in [0.1, 0.15) is 11.1 Å². The topological polar surface area (TPSA) is 74.2 Å². The molecular weight excluding hydrogens is 194 g/mol. The molecule has 0 atom stereocenters. The molecule has 15 heavy (non-hydrogen) atoms. The minimum atomic E-state index is -0.548. The van der Waals surface area contributed by atoms with Crippen molar-refractivity contribution in [1.82, 2.24) is 10.5 Å². The van der Waals surface area contributed by atoms with E-state index in [4.69, 9.17) is 5.21 Å². The molecule has 0 saturated carbocycles. The molecular formula is C10H11N3O2. The number of hydrogen-bond acceptors (Lipinski definition) is 4. The van der Waals surface area contributed by atoms with Gasteiger partial charge >= 0.3 is 0 Å². The van der Waals surface area contributed by atoms with Gasteiger partial charge in [-0.2, -0.15) is 0 Å². The van der Waals surface area contributed by atoms with E-state index in [1.807, 2.05) is 6.07 Å². The van der Waals surface area contributed by atoms with Crippen molar-refractivity contribution in [3.05, 3.63) is 29.5 Å². The van der Waals surface area contributed by atoms with Gasteiger partial charge in [0.25, 0.3) is 5.91 Å². The largest absolute Gasteiger partial charge is 0.370 e. The highest BCUT2D eigenvalue weighted by Gasteiger charge is 2.10. The molecule has 0 unspecified atom stereocenters. The minimum Gasteiger partial charge on any atom is -0.370 e. The Balaban J connectivity index is 2.16. The van der Waals surface area contributed by atoms with Gasteiger partial charge in [-0.05, 0) is 29.7 Å². The monoisotopic (exact) mass is 205 g/mol. The van der Waals surface area contributed by atoms with Gasteiger partial charge in [0, 0.05) is 18.8 Å². The SMILES string of the molecule is O=C(/C=C/c1cnc2c(c1)CCN2)NO. The first-order chi connectivity index (χ1) is 7.29. The second kappa shape index (κ2) is 4.10. The molecule has 0 saturated heterocycles. The average molecular weight is 205 g/mol. The molecule has 1 aliphatic heterocycles. The highest BCUT2D eigenvalue weighted by atomic mass is 16.5. The normalized spacial score (nSPS) is 13.7. The van der Waals surface area contributed by atoms with Crippen LogP contribution in [0.15, 0.2) is 18.3 Å². The van der Waals surface area contributed by atoms with Crippen LogP contribution in [0, 0.1) is 0 Å². The summed E-state index contributed by atoms with van der Waals surface area (Å²) < 4.78 is 0. The van der Waals surface area contributed by atoms with E-state index in [-0.39, 0.29) is 0 Å². The number of nitrogens with zero attached hydrogens (tertiary/aromatic N) is 1. The number of hydrogen-bond donors (Lipinski definition) is 3. The number of pyridine rings is 1. The van der Waals surface area contributed by atoms with Crippen molar-refractivity contribution < 1.29 is 10.0 Å². The molecule has 0 fully saturated rings. The van der Waals surface area contributed by atoms with Crippen molar-refractivity contribution in [2.45, 2.75) is 6.42 Å². The predicted molar refractivity (Wildman–Crippen MR) is 55.4 cm³/mol. The number of anilines is 1. The number of nitrogens with one attached hydrogen (secondary N) is 2. The van der Waals surface area contributed by atoms with Gasteiger partial charge in [0.05, 0.1) is 0 Å². The van der Waals surface area contributed by atoms with Gasteiger partial charge in [0.15, 0.2) is 0 Å². The van der Waals surface area contributed by atoms with Gasteiger partial charge in [0.1, 0.15) is 5.82 Å². The standard InChI is InChI=1S/C10H11N3O2/c14-9(13-15)2-1-7-5-8-3-4-11-10(8)12-6-7/h1-2,5-6,15H,3-4H2,(H,11,12)(H,13,14)/b2-1+. The zero-order valence-corrected chi connectivity index (χ0v) is 8.03. The predicted octanol–water partition coefficient (Wildman–Crippen LogP) is 0.568. The van der Waals surface area contributed by atoms with Gasteiger partial charge in [-0.15, -0.1) is 0 Å².